The van der Waals surface area contributed by atoms with Crippen LogP contribution in [0.3, 0.4) is 0 Å². The molecule has 27 heavy (non-hydrogen) atoms. The summed E-state index contributed by atoms with van der Waals surface area (Å²) in [5, 5.41) is 6.62. The van der Waals surface area contributed by atoms with E-state index in [1.165, 1.54) is 0 Å². The highest BCUT2D eigenvalue weighted by molar-refractivity contribution is 5.79. The molecular weight excluding hydrogens is 344 g/mol. The molecule has 1 aromatic rings. The summed E-state index contributed by atoms with van der Waals surface area (Å²) >= 11 is 0. The average Bonchev–Trinajstić information content (AvgIpc) is 2.72. The minimum Gasteiger partial charge on any atom is -0.496 e. The van der Waals surface area contributed by atoms with Crippen molar-refractivity contribution >= 4 is 5.96 Å². The van der Waals surface area contributed by atoms with Gasteiger partial charge in [0.25, 0.3) is 0 Å². The molecule has 1 atom stereocenters. The molecular formula is C20H34N4O3. The SMILES string of the molecule is CCNC(=NCC(C)N1CCOCC1)NCCOCc1ccccc1OC. The van der Waals surface area contributed by atoms with Crippen LogP contribution in [0.4, 0.5) is 0 Å². The van der Waals surface area contributed by atoms with Gasteiger partial charge in [0.15, 0.2) is 5.96 Å². The van der Waals surface area contributed by atoms with Crippen molar-refractivity contribution in [3.8, 4) is 5.75 Å². The molecule has 7 heteroatoms. The predicted octanol–water partition coefficient (Wildman–Crippen LogP) is 1.49. The summed E-state index contributed by atoms with van der Waals surface area (Å²) in [6, 6.07) is 8.32. The molecule has 2 rings (SSSR count). The molecule has 1 unspecified atom stereocenters. The van der Waals surface area contributed by atoms with Gasteiger partial charge in [-0.1, -0.05) is 18.2 Å². The highest BCUT2D eigenvalue weighted by Gasteiger charge is 2.16. The van der Waals surface area contributed by atoms with Gasteiger partial charge in [-0.05, 0) is 19.9 Å². The molecule has 1 fully saturated rings. The first kappa shape index (κ1) is 21.5. The molecule has 0 amide bonds. The van der Waals surface area contributed by atoms with Gasteiger partial charge in [-0.15, -0.1) is 0 Å². The summed E-state index contributed by atoms with van der Waals surface area (Å²) in [7, 11) is 1.68. The zero-order valence-corrected chi connectivity index (χ0v) is 16.9. The number of aliphatic imine (C=N–C) groups is 1. The van der Waals surface area contributed by atoms with Gasteiger partial charge in [0.1, 0.15) is 5.75 Å². The van der Waals surface area contributed by atoms with E-state index in [9.17, 15) is 0 Å². The molecule has 0 aromatic heterocycles. The molecule has 0 radical (unpaired) electrons. The minimum absolute atomic E-state index is 0.408. The van der Waals surface area contributed by atoms with Crippen LogP contribution in [0, 0.1) is 0 Å². The van der Waals surface area contributed by atoms with Crippen LogP contribution in [0.2, 0.25) is 0 Å². The van der Waals surface area contributed by atoms with Crippen molar-refractivity contribution in [1.29, 1.82) is 0 Å². The number of guanidine groups is 1. The smallest absolute Gasteiger partial charge is 0.191 e. The fraction of sp³-hybridized carbons (Fsp3) is 0.650. The van der Waals surface area contributed by atoms with Crippen LogP contribution in [0.1, 0.15) is 19.4 Å². The summed E-state index contributed by atoms with van der Waals surface area (Å²) in [5.74, 6) is 1.69. The number of nitrogens with zero attached hydrogens (tertiary/aromatic N) is 2. The number of methoxy groups -OCH3 is 1. The molecule has 0 saturated carbocycles. The van der Waals surface area contributed by atoms with Crippen LogP contribution in [0.5, 0.6) is 5.75 Å². The predicted molar refractivity (Wildman–Crippen MR) is 108 cm³/mol. The molecule has 0 aliphatic carbocycles. The molecule has 1 heterocycles. The Morgan fingerprint density at radius 2 is 2.04 bits per heavy atom. The maximum atomic E-state index is 5.76. The van der Waals surface area contributed by atoms with Gasteiger partial charge >= 0.3 is 0 Å². The van der Waals surface area contributed by atoms with Crippen LogP contribution in [-0.4, -0.2) is 76.6 Å². The number of nitrogens with one attached hydrogen (secondary N) is 2. The van der Waals surface area contributed by atoms with Crippen molar-refractivity contribution in [3.63, 3.8) is 0 Å². The Morgan fingerprint density at radius 3 is 2.78 bits per heavy atom. The summed E-state index contributed by atoms with van der Waals surface area (Å²) < 4.78 is 16.5. The summed E-state index contributed by atoms with van der Waals surface area (Å²) in [6.45, 7) is 11.3. The Kier molecular flexibility index (Phi) is 9.97. The lowest BCUT2D eigenvalue weighted by molar-refractivity contribution is 0.0220. The lowest BCUT2D eigenvalue weighted by Crippen LogP contribution is -2.44. The molecule has 0 spiro atoms. The molecule has 7 nitrogen and oxygen atoms in total. The molecule has 1 aliphatic heterocycles. The normalized spacial score (nSPS) is 16.8. The van der Waals surface area contributed by atoms with Gasteiger partial charge in [0.2, 0.25) is 0 Å². The molecule has 152 valence electrons. The zero-order chi connectivity index (χ0) is 19.3. The van der Waals surface area contributed by atoms with Gasteiger partial charge < -0.3 is 24.8 Å². The van der Waals surface area contributed by atoms with Crippen molar-refractivity contribution in [2.75, 3.05) is 59.7 Å². The Hall–Kier alpha value is -1.83. The van der Waals surface area contributed by atoms with Gasteiger partial charge in [-0.25, -0.2) is 0 Å². The third kappa shape index (κ3) is 7.74. The topological polar surface area (TPSA) is 67.4 Å². The van der Waals surface area contributed by atoms with Crippen LogP contribution in [-0.2, 0) is 16.1 Å². The van der Waals surface area contributed by atoms with Crippen LogP contribution < -0.4 is 15.4 Å². The number of para-hydroxylation sites is 1. The Bertz CT molecular complexity index is 562. The second-order valence-electron chi connectivity index (χ2n) is 6.51. The number of rotatable bonds is 10. The maximum Gasteiger partial charge on any atom is 0.191 e. The number of morpholine rings is 1. The fourth-order valence-corrected chi connectivity index (χ4v) is 2.94. The van der Waals surface area contributed by atoms with Crippen molar-refractivity contribution in [3.05, 3.63) is 29.8 Å². The zero-order valence-electron chi connectivity index (χ0n) is 16.9. The molecule has 1 aromatic carbocycles. The fourth-order valence-electron chi connectivity index (χ4n) is 2.94. The first-order valence-corrected chi connectivity index (χ1v) is 9.78. The first-order valence-electron chi connectivity index (χ1n) is 9.78. The van der Waals surface area contributed by atoms with E-state index in [4.69, 9.17) is 19.2 Å². The monoisotopic (exact) mass is 378 g/mol. The third-order valence-corrected chi connectivity index (χ3v) is 4.52. The van der Waals surface area contributed by atoms with E-state index in [1.807, 2.05) is 24.3 Å². The van der Waals surface area contributed by atoms with E-state index in [2.05, 4.69) is 29.4 Å². The van der Waals surface area contributed by atoms with E-state index in [0.717, 1.165) is 56.7 Å². The standard InChI is InChI=1S/C20H34N4O3/c1-4-21-20(23-15-17(2)24-10-13-26-14-11-24)22-9-12-27-16-18-7-5-6-8-19(18)25-3/h5-8,17H,4,9-16H2,1-3H3,(H2,21,22,23). The Balaban J connectivity index is 1.70. The summed E-state index contributed by atoms with van der Waals surface area (Å²) in [4.78, 5) is 7.13. The first-order chi connectivity index (χ1) is 13.2. The van der Waals surface area contributed by atoms with E-state index in [-0.39, 0.29) is 0 Å². The van der Waals surface area contributed by atoms with Crippen LogP contribution in [0.25, 0.3) is 0 Å². The minimum atomic E-state index is 0.408. The molecule has 1 aliphatic rings. The summed E-state index contributed by atoms with van der Waals surface area (Å²) in [5.41, 5.74) is 1.06. The summed E-state index contributed by atoms with van der Waals surface area (Å²) in [6.07, 6.45) is 0. The van der Waals surface area contributed by atoms with E-state index >= 15 is 0 Å². The van der Waals surface area contributed by atoms with E-state index in [0.29, 0.717) is 25.8 Å². The average molecular weight is 379 g/mol. The number of ether oxygens (including phenoxy) is 3. The number of hydrogen-bond acceptors (Lipinski definition) is 5. The van der Waals surface area contributed by atoms with Crippen LogP contribution >= 0.6 is 0 Å². The molecule has 1 saturated heterocycles. The maximum absolute atomic E-state index is 5.76. The van der Waals surface area contributed by atoms with Crippen molar-refractivity contribution in [2.45, 2.75) is 26.5 Å². The highest BCUT2D eigenvalue weighted by Crippen LogP contribution is 2.17. The van der Waals surface area contributed by atoms with Crippen molar-refractivity contribution < 1.29 is 14.2 Å². The lowest BCUT2D eigenvalue weighted by atomic mass is 10.2. The highest BCUT2D eigenvalue weighted by atomic mass is 16.5. The largest absolute Gasteiger partial charge is 0.496 e. The Labute approximate surface area is 163 Å². The second-order valence-corrected chi connectivity index (χ2v) is 6.51. The van der Waals surface area contributed by atoms with Gasteiger partial charge in [-0.2, -0.15) is 0 Å². The second kappa shape index (κ2) is 12.5. The van der Waals surface area contributed by atoms with E-state index in [1.54, 1.807) is 7.11 Å². The number of hydrogen-bond donors (Lipinski definition) is 2. The van der Waals surface area contributed by atoms with Gasteiger partial charge in [0.05, 0.1) is 40.1 Å². The lowest BCUT2D eigenvalue weighted by Gasteiger charge is -2.31. The van der Waals surface area contributed by atoms with Crippen molar-refractivity contribution in [1.82, 2.24) is 15.5 Å². The number of benzene rings is 1. The van der Waals surface area contributed by atoms with Crippen LogP contribution in [0.15, 0.2) is 29.3 Å². The molecule has 0 bridgehead atoms. The van der Waals surface area contributed by atoms with Gasteiger partial charge in [0, 0.05) is 37.8 Å². The van der Waals surface area contributed by atoms with Crippen molar-refractivity contribution in [2.24, 2.45) is 4.99 Å². The quantitative estimate of drug-likeness (QED) is 0.365. The third-order valence-electron chi connectivity index (χ3n) is 4.52. The molecule has 2 N–H and O–H groups in total. The Morgan fingerprint density at radius 1 is 1.26 bits per heavy atom. The van der Waals surface area contributed by atoms with E-state index < -0.39 is 0 Å². The van der Waals surface area contributed by atoms with Gasteiger partial charge in [-0.3, -0.25) is 9.89 Å².